The van der Waals surface area contributed by atoms with E-state index in [0.717, 1.165) is 38.5 Å². The summed E-state index contributed by atoms with van der Waals surface area (Å²) in [6.07, 6.45) is 50.8. The van der Waals surface area contributed by atoms with Crippen LogP contribution in [0.15, 0.2) is 0 Å². The Bertz CT molecular complexity index is 636. The Hall–Kier alpha value is -0.486. The molecule has 0 atom stereocenters. The molecule has 0 fully saturated rings. The average molecular weight is 855 g/mol. The van der Waals surface area contributed by atoms with Crippen molar-refractivity contribution < 1.29 is 62.4 Å². The van der Waals surface area contributed by atoms with Crippen molar-refractivity contribution in [3.8, 4) is 0 Å². The van der Waals surface area contributed by atoms with Gasteiger partial charge in [-0.3, -0.25) is 0 Å². The molecule has 0 saturated heterocycles. The summed E-state index contributed by atoms with van der Waals surface area (Å²) in [5, 5.41) is 30.6. The zero-order valence-electron chi connectivity index (χ0n) is 37.2. The number of rotatable bonds is 42. The van der Waals surface area contributed by atoms with Gasteiger partial charge < -0.3 is 29.7 Å². The average Bonchev–Trinajstić information content (AvgIpc) is 3.14. The van der Waals surface area contributed by atoms with Gasteiger partial charge in [0.1, 0.15) is 0 Å². The molecule has 0 aromatic carbocycles. The van der Waals surface area contributed by atoms with Crippen LogP contribution in [0.5, 0.6) is 0 Å². The van der Waals surface area contributed by atoms with Gasteiger partial charge in [0.25, 0.3) is 0 Å². The van der Waals surface area contributed by atoms with Gasteiger partial charge in [-0.25, -0.2) is 0 Å². The first-order valence-corrected chi connectivity index (χ1v) is 23.9. The summed E-state index contributed by atoms with van der Waals surface area (Å²) >= 11 is 0. The van der Waals surface area contributed by atoms with Gasteiger partial charge >= 0.3 is 32.7 Å². The molecule has 6 nitrogen and oxygen atoms in total. The zero-order chi connectivity index (χ0) is 40.4. The van der Waals surface area contributed by atoms with E-state index in [1.807, 2.05) is 0 Å². The Morgan fingerprint density at radius 1 is 0.236 bits per heavy atom. The van der Waals surface area contributed by atoms with Crippen LogP contribution in [0.4, 0.5) is 0 Å². The van der Waals surface area contributed by atoms with Crippen LogP contribution in [0.3, 0.4) is 0 Å². The van der Waals surface area contributed by atoms with Crippen LogP contribution in [0.1, 0.15) is 290 Å². The summed E-state index contributed by atoms with van der Waals surface area (Å²) in [4.78, 5) is 30.6. The Labute approximate surface area is 368 Å². The number of hydrogen-bond donors (Lipinski definition) is 0. The van der Waals surface area contributed by atoms with Crippen LogP contribution in [-0.2, 0) is 47.1 Å². The molecule has 0 aliphatic heterocycles. The quantitative estimate of drug-likeness (QED) is 0.0564. The van der Waals surface area contributed by atoms with Crippen molar-refractivity contribution in [1.29, 1.82) is 0 Å². The molecule has 0 N–H and O–H groups in total. The Balaban J connectivity index is -0.000000351. The van der Waals surface area contributed by atoms with Crippen molar-refractivity contribution in [2.45, 2.75) is 290 Å². The first-order valence-electron chi connectivity index (χ1n) is 23.9. The second-order valence-corrected chi connectivity index (χ2v) is 16.1. The summed E-state index contributed by atoms with van der Waals surface area (Å²) in [5.41, 5.74) is 0. The maximum absolute atomic E-state index is 10.2. The Morgan fingerprint density at radius 3 is 0.455 bits per heavy atom. The minimum absolute atomic E-state index is 0. The molecule has 0 aromatic heterocycles. The number of hydrogen-bond acceptors (Lipinski definition) is 6. The van der Waals surface area contributed by atoms with Crippen LogP contribution in [0.2, 0.25) is 0 Å². The normalized spacial score (nSPS) is 10.5. The molecule has 55 heavy (non-hydrogen) atoms. The summed E-state index contributed by atoms with van der Waals surface area (Å²) in [6.45, 7) is 6.77. The minimum Gasteiger partial charge on any atom is -0.550 e. The number of carboxylic acid groups (broad SMARTS) is 3. The number of unbranched alkanes of at least 4 members (excludes halogenated alkanes) is 36. The van der Waals surface area contributed by atoms with E-state index in [4.69, 9.17) is 0 Å². The Morgan fingerprint density at radius 2 is 0.345 bits per heavy atom. The van der Waals surface area contributed by atoms with Crippen molar-refractivity contribution in [3.63, 3.8) is 0 Å². The standard InChI is InChI=1S/3C16H32O2.Y/c3*1-2-3-4-5-6-7-8-9-10-11-12-13-14-15-16(17)18;/h3*2-15H2,1H3,(H,17,18);/q;;;+3/p-3. The summed E-state index contributed by atoms with van der Waals surface area (Å²) in [7, 11) is 0. The van der Waals surface area contributed by atoms with Gasteiger partial charge in [0.05, 0.1) is 0 Å². The molecular formula is C48H93O6Y. The van der Waals surface area contributed by atoms with Gasteiger partial charge in [-0.1, -0.05) is 252 Å². The van der Waals surface area contributed by atoms with Gasteiger partial charge in [-0.2, -0.15) is 0 Å². The maximum Gasteiger partial charge on any atom is 3.00 e. The number of carbonyl (C=O) groups excluding carboxylic acids is 3. The molecule has 0 saturated carbocycles. The van der Waals surface area contributed by atoms with Gasteiger partial charge in [0.15, 0.2) is 0 Å². The van der Waals surface area contributed by atoms with E-state index in [1.54, 1.807) is 0 Å². The van der Waals surface area contributed by atoms with Crippen LogP contribution in [0.25, 0.3) is 0 Å². The maximum atomic E-state index is 10.2. The summed E-state index contributed by atoms with van der Waals surface area (Å²) in [5.74, 6) is -2.71. The van der Waals surface area contributed by atoms with E-state index < -0.39 is 17.9 Å². The molecule has 0 radical (unpaired) electrons. The van der Waals surface area contributed by atoms with Crippen LogP contribution in [0, 0.1) is 0 Å². The van der Waals surface area contributed by atoms with Crippen molar-refractivity contribution in [2.75, 3.05) is 0 Å². The third-order valence-electron chi connectivity index (χ3n) is 10.5. The number of carboxylic acids is 3. The molecule has 0 aromatic rings. The van der Waals surface area contributed by atoms with Gasteiger partial charge in [-0.05, 0) is 38.5 Å². The van der Waals surface area contributed by atoms with Gasteiger partial charge in [-0.15, -0.1) is 0 Å². The fraction of sp³-hybridized carbons (Fsp3) is 0.938. The Kier molecular flexibility index (Phi) is 64.3. The molecule has 0 aliphatic carbocycles. The van der Waals surface area contributed by atoms with E-state index in [2.05, 4.69) is 20.8 Å². The smallest absolute Gasteiger partial charge is 0.550 e. The third-order valence-corrected chi connectivity index (χ3v) is 10.5. The molecule has 0 bridgehead atoms. The molecule has 0 amide bonds. The summed E-state index contributed by atoms with van der Waals surface area (Å²) in [6, 6.07) is 0. The zero-order valence-corrected chi connectivity index (χ0v) is 40.1. The second-order valence-electron chi connectivity index (χ2n) is 16.1. The number of aliphatic carboxylic acids is 3. The fourth-order valence-electron chi connectivity index (χ4n) is 6.86. The van der Waals surface area contributed by atoms with E-state index in [0.29, 0.717) is 0 Å². The first kappa shape index (κ1) is 61.2. The van der Waals surface area contributed by atoms with Crippen LogP contribution < -0.4 is 15.3 Å². The molecule has 0 unspecified atom stereocenters. The van der Waals surface area contributed by atoms with E-state index in [-0.39, 0.29) is 52.0 Å². The predicted octanol–water partition coefficient (Wildman–Crippen LogP) is 12.7. The fourth-order valence-corrected chi connectivity index (χ4v) is 6.86. The topological polar surface area (TPSA) is 120 Å². The van der Waals surface area contributed by atoms with Gasteiger partial charge in [0.2, 0.25) is 0 Å². The molecule has 0 spiro atoms. The third kappa shape index (κ3) is 71.7. The monoisotopic (exact) mass is 855 g/mol. The summed E-state index contributed by atoms with van der Waals surface area (Å²) < 4.78 is 0. The van der Waals surface area contributed by atoms with Crippen LogP contribution in [-0.4, -0.2) is 17.9 Å². The predicted molar refractivity (Wildman–Crippen MR) is 226 cm³/mol. The van der Waals surface area contributed by atoms with Crippen molar-refractivity contribution in [2.24, 2.45) is 0 Å². The van der Waals surface area contributed by atoms with E-state index in [1.165, 1.54) is 212 Å². The van der Waals surface area contributed by atoms with Crippen molar-refractivity contribution >= 4 is 17.9 Å². The van der Waals surface area contributed by atoms with Crippen molar-refractivity contribution in [1.82, 2.24) is 0 Å². The molecule has 0 heterocycles. The second kappa shape index (κ2) is 57.8. The van der Waals surface area contributed by atoms with Crippen LogP contribution >= 0.6 is 0 Å². The first-order chi connectivity index (χ1) is 26.3. The van der Waals surface area contributed by atoms with Crippen molar-refractivity contribution in [3.05, 3.63) is 0 Å². The molecular weight excluding hydrogens is 761 g/mol. The largest absolute Gasteiger partial charge is 3.00 e. The van der Waals surface area contributed by atoms with E-state index >= 15 is 0 Å². The van der Waals surface area contributed by atoms with Gasteiger partial charge in [0, 0.05) is 17.9 Å². The minimum atomic E-state index is -0.905. The molecule has 0 aliphatic rings. The van der Waals surface area contributed by atoms with E-state index in [9.17, 15) is 29.7 Å². The molecule has 324 valence electrons. The number of carbonyl (C=O) groups is 3. The molecule has 7 heteroatoms. The molecule has 0 rings (SSSR count). The SMILES string of the molecule is CCCCCCCCCCCCCCCC(=O)[O-].CCCCCCCCCCCCCCCC(=O)[O-].CCCCCCCCCCCCCCCC(=O)[O-].[Y+3].